The topological polar surface area (TPSA) is 9.23 Å². The summed E-state index contributed by atoms with van der Waals surface area (Å²) in [6, 6.07) is 0. The molecule has 0 aromatic heterocycles. The lowest BCUT2D eigenvalue weighted by atomic mass is 10.1. The third-order valence-corrected chi connectivity index (χ3v) is 2.90. The Bertz CT molecular complexity index is 187. The summed E-state index contributed by atoms with van der Waals surface area (Å²) in [7, 11) is 0. The van der Waals surface area contributed by atoms with E-state index in [1.165, 1.54) is 57.8 Å². The van der Waals surface area contributed by atoms with Crippen LogP contribution in [0.1, 0.15) is 84.5 Å². The predicted octanol–water partition coefficient (Wildman–Crippen LogP) is 5.29. The second-order valence-corrected chi connectivity index (χ2v) is 4.71. The van der Waals surface area contributed by atoms with Crippen LogP contribution in [0, 0.1) is 12.0 Å². The van der Waals surface area contributed by atoms with Gasteiger partial charge in [-0.05, 0) is 12.8 Å². The molecule has 0 aliphatic carbocycles. The highest BCUT2D eigenvalue weighted by atomic mass is 16.5. The Morgan fingerprint density at radius 3 is 2.00 bits per heavy atom. The first-order chi connectivity index (χ1) is 8.41. The van der Waals surface area contributed by atoms with Gasteiger partial charge in [0.1, 0.15) is 12.7 Å². The highest BCUT2D eigenvalue weighted by molar-refractivity contribution is 4.90. The smallest absolute Gasteiger partial charge is 0.110 e. The van der Waals surface area contributed by atoms with E-state index in [1.54, 1.807) is 0 Å². The number of unbranched alkanes of at least 4 members (excludes halogenated alkanes) is 9. The lowest BCUT2D eigenvalue weighted by Gasteiger charge is -1.98. The van der Waals surface area contributed by atoms with E-state index in [2.05, 4.69) is 25.9 Å². The molecule has 0 aliphatic heterocycles. The van der Waals surface area contributed by atoms with Gasteiger partial charge in [0, 0.05) is 6.42 Å². The zero-order valence-corrected chi connectivity index (χ0v) is 11.9. The van der Waals surface area contributed by atoms with Gasteiger partial charge in [-0.3, -0.25) is 0 Å². The monoisotopic (exact) mass is 238 g/mol. The van der Waals surface area contributed by atoms with E-state index >= 15 is 0 Å². The minimum Gasteiger partial charge on any atom is -0.447 e. The Hall–Kier alpha value is -0.640. The lowest BCUT2D eigenvalue weighted by Crippen LogP contribution is -1.86. The molecule has 0 unspecified atom stereocenters. The van der Waals surface area contributed by atoms with Gasteiger partial charge >= 0.3 is 0 Å². The van der Waals surface area contributed by atoms with Crippen LogP contribution in [-0.2, 0) is 4.74 Å². The number of rotatable bonds is 11. The van der Waals surface area contributed by atoms with Crippen molar-refractivity contribution < 1.29 is 4.74 Å². The Morgan fingerprint density at radius 1 is 0.706 bits per heavy atom. The average molecular weight is 238 g/mol. The van der Waals surface area contributed by atoms with Crippen LogP contribution < -0.4 is 0 Å². The highest BCUT2D eigenvalue weighted by Crippen LogP contribution is 2.07. The zero-order chi connectivity index (χ0) is 12.6. The van der Waals surface area contributed by atoms with E-state index in [-0.39, 0.29) is 0 Å². The second kappa shape index (κ2) is 15.4. The summed E-state index contributed by atoms with van der Waals surface area (Å²) < 4.78 is 5.23. The van der Waals surface area contributed by atoms with E-state index in [1.807, 2.05) is 0 Å². The standard InChI is InChI=1S/C16H30O/c1-3-5-7-8-9-10-11-12-14-16-17-15-13-6-4-2/h3-13,15H2,1-2H3. The SMILES string of the molecule is CCCCCCCCCC#COCCCCC. The molecule has 0 bridgehead atoms. The molecule has 0 rings (SSSR count). The molecule has 100 valence electrons. The van der Waals surface area contributed by atoms with E-state index in [4.69, 9.17) is 4.74 Å². The van der Waals surface area contributed by atoms with Gasteiger partial charge in [0.2, 0.25) is 0 Å². The van der Waals surface area contributed by atoms with Crippen molar-refractivity contribution in [3.05, 3.63) is 0 Å². The van der Waals surface area contributed by atoms with Crippen LogP contribution in [0.4, 0.5) is 0 Å². The maximum atomic E-state index is 5.23. The van der Waals surface area contributed by atoms with E-state index in [0.717, 1.165) is 19.4 Å². The summed E-state index contributed by atoms with van der Waals surface area (Å²) in [5.41, 5.74) is 0. The van der Waals surface area contributed by atoms with Crippen molar-refractivity contribution in [2.45, 2.75) is 84.5 Å². The average Bonchev–Trinajstić information content (AvgIpc) is 2.35. The molecule has 0 aliphatic rings. The number of ether oxygens (including phenoxy) is 1. The van der Waals surface area contributed by atoms with Crippen LogP contribution in [0.25, 0.3) is 0 Å². The van der Waals surface area contributed by atoms with E-state index < -0.39 is 0 Å². The summed E-state index contributed by atoms with van der Waals surface area (Å²) in [6.45, 7) is 5.26. The second-order valence-electron chi connectivity index (χ2n) is 4.71. The van der Waals surface area contributed by atoms with Gasteiger partial charge in [0.15, 0.2) is 0 Å². The predicted molar refractivity (Wildman–Crippen MR) is 75.9 cm³/mol. The van der Waals surface area contributed by atoms with E-state index in [0.29, 0.717) is 0 Å². The molecule has 0 N–H and O–H groups in total. The van der Waals surface area contributed by atoms with Crippen molar-refractivity contribution in [1.82, 2.24) is 0 Å². The Balaban J connectivity index is 3.04. The summed E-state index contributed by atoms with van der Waals surface area (Å²) in [4.78, 5) is 0. The molecule has 1 nitrogen and oxygen atoms in total. The van der Waals surface area contributed by atoms with Crippen molar-refractivity contribution in [1.29, 1.82) is 0 Å². The molecule has 0 atom stereocenters. The van der Waals surface area contributed by atoms with Gasteiger partial charge in [-0.2, -0.15) is 0 Å². The summed E-state index contributed by atoms with van der Waals surface area (Å²) in [5, 5.41) is 0. The molecule has 0 aromatic carbocycles. The molecular formula is C16H30O. The quantitative estimate of drug-likeness (QED) is 0.351. The molecule has 0 radical (unpaired) electrons. The van der Waals surface area contributed by atoms with Crippen molar-refractivity contribution in [2.75, 3.05) is 6.61 Å². The summed E-state index contributed by atoms with van der Waals surface area (Å²) in [5.74, 6) is 3.09. The Labute approximate surface area is 108 Å². The van der Waals surface area contributed by atoms with Crippen molar-refractivity contribution in [3.8, 4) is 12.0 Å². The third kappa shape index (κ3) is 15.4. The van der Waals surface area contributed by atoms with Gasteiger partial charge in [-0.15, -0.1) is 0 Å². The fraction of sp³-hybridized carbons (Fsp3) is 0.875. The molecule has 0 aromatic rings. The van der Waals surface area contributed by atoms with E-state index in [9.17, 15) is 0 Å². The molecule has 0 saturated heterocycles. The molecule has 0 heterocycles. The van der Waals surface area contributed by atoms with Crippen LogP contribution in [0.2, 0.25) is 0 Å². The minimum absolute atomic E-state index is 0.803. The lowest BCUT2D eigenvalue weighted by molar-refractivity contribution is 0.268. The zero-order valence-electron chi connectivity index (χ0n) is 11.9. The van der Waals surface area contributed by atoms with Gasteiger partial charge < -0.3 is 4.74 Å². The van der Waals surface area contributed by atoms with Crippen molar-refractivity contribution in [3.63, 3.8) is 0 Å². The molecule has 0 amide bonds. The van der Waals surface area contributed by atoms with Crippen LogP contribution in [0.15, 0.2) is 0 Å². The molecule has 1 heteroatoms. The van der Waals surface area contributed by atoms with Crippen LogP contribution >= 0.6 is 0 Å². The Morgan fingerprint density at radius 2 is 1.29 bits per heavy atom. The molecule has 17 heavy (non-hydrogen) atoms. The normalized spacial score (nSPS) is 9.76. The molecular weight excluding hydrogens is 208 g/mol. The van der Waals surface area contributed by atoms with Crippen LogP contribution in [0.5, 0.6) is 0 Å². The van der Waals surface area contributed by atoms with Crippen LogP contribution in [0.3, 0.4) is 0 Å². The third-order valence-electron chi connectivity index (χ3n) is 2.90. The minimum atomic E-state index is 0.803. The molecule has 0 fully saturated rings. The first-order valence-corrected chi connectivity index (χ1v) is 7.51. The maximum Gasteiger partial charge on any atom is 0.110 e. The van der Waals surface area contributed by atoms with Crippen LogP contribution in [-0.4, -0.2) is 6.61 Å². The maximum absolute atomic E-state index is 5.23. The highest BCUT2D eigenvalue weighted by Gasteiger charge is 1.89. The molecule has 0 spiro atoms. The first kappa shape index (κ1) is 16.4. The first-order valence-electron chi connectivity index (χ1n) is 7.51. The van der Waals surface area contributed by atoms with Gasteiger partial charge in [-0.25, -0.2) is 0 Å². The van der Waals surface area contributed by atoms with Gasteiger partial charge in [0.25, 0.3) is 0 Å². The largest absolute Gasteiger partial charge is 0.447 e. The van der Waals surface area contributed by atoms with Gasteiger partial charge in [0.05, 0.1) is 0 Å². The number of hydrogen-bond acceptors (Lipinski definition) is 1. The fourth-order valence-corrected chi connectivity index (χ4v) is 1.75. The fourth-order valence-electron chi connectivity index (χ4n) is 1.75. The summed E-state index contributed by atoms with van der Waals surface area (Å²) in [6.07, 6.45) is 16.9. The summed E-state index contributed by atoms with van der Waals surface area (Å²) >= 11 is 0. The Kier molecular flexibility index (Phi) is 14.8. The van der Waals surface area contributed by atoms with Crippen molar-refractivity contribution >= 4 is 0 Å². The number of hydrogen-bond donors (Lipinski definition) is 0. The van der Waals surface area contributed by atoms with Gasteiger partial charge in [-0.1, -0.05) is 71.1 Å². The van der Waals surface area contributed by atoms with Crippen molar-refractivity contribution in [2.24, 2.45) is 0 Å². The molecule has 0 saturated carbocycles.